The molecule has 0 atom stereocenters. The summed E-state index contributed by atoms with van der Waals surface area (Å²) in [5.74, 6) is 2.41. The lowest BCUT2D eigenvalue weighted by molar-refractivity contribution is -0.115. The zero-order valence-corrected chi connectivity index (χ0v) is 14.0. The Labute approximate surface area is 142 Å². The monoisotopic (exact) mass is 341 g/mol. The highest BCUT2D eigenvalue weighted by molar-refractivity contribution is 7.07. The van der Waals surface area contributed by atoms with E-state index in [4.69, 9.17) is 6.42 Å². The molecule has 2 aromatic heterocycles. The average Bonchev–Trinajstić information content (AvgIpc) is 3.10. The number of nitriles is 1. The molecule has 8 heteroatoms. The summed E-state index contributed by atoms with van der Waals surface area (Å²) in [5, 5.41) is 11.8. The van der Waals surface area contributed by atoms with E-state index in [-0.39, 0.29) is 17.7 Å². The van der Waals surface area contributed by atoms with Crippen LogP contribution in [-0.4, -0.2) is 27.0 Å². The second kappa shape index (κ2) is 7.44. The molecule has 0 saturated carbocycles. The molecule has 2 heterocycles. The molecule has 7 nitrogen and oxygen atoms in total. The zero-order valence-electron chi connectivity index (χ0n) is 13.2. The van der Waals surface area contributed by atoms with Crippen molar-refractivity contribution in [3.8, 4) is 18.4 Å². The van der Waals surface area contributed by atoms with E-state index in [1.165, 1.54) is 4.57 Å². The van der Waals surface area contributed by atoms with E-state index in [1.807, 2.05) is 6.07 Å². The third-order valence-electron chi connectivity index (χ3n) is 3.14. The molecular formula is C16H15N5O2S. The van der Waals surface area contributed by atoms with Gasteiger partial charge in [-0.1, -0.05) is 5.92 Å². The molecule has 2 aromatic rings. The van der Waals surface area contributed by atoms with Gasteiger partial charge in [0.25, 0.3) is 11.5 Å². The topological polar surface area (TPSA) is 104 Å². The molecule has 2 N–H and O–H groups in total. The van der Waals surface area contributed by atoms with Gasteiger partial charge in [0.05, 0.1) is 23.0 Å². The molecule has 0 aliphatic rings. The highest BCUT2D eigenvalue weighted by atomic mass is 32.1. The van der Waals surface area contributed by atoms with Gasteiger partial charge in [-0.05, 0) is 19.9 Å². The van der Waals surface area contributed by atoms with Gasteiger partial charge in [-0.25, -0.2) is 4.98 Å². The van der Waals surface area contributed by atoms with Crippen molar-refractivity contribution >= 4 is 28.9 Å². The normalized spacial score (nSPS) is 12.4. The van der Waals surface area contributed by atoms with E-state index >= 15 is 0 Å². The van der Waals surface area contributed by atoms with E-state index in [0.717, 1.165) is 17.2 Å². The van der Waals surface area contributed by atoms with Crippen LogP contribution in [0.5, 0.6) is 0 Å². The molecule has 0 bridgehead atoms. The predicted molar refractivity (Wildman–Crippen MR) is 91.3 cm³/mol. The number of terminal acetylenes is 1. The molecule has 0 aromatic carbocycles. The van der Waals surface area contributed by atoms with Gasteiger partial charge < -0.3 is 10.3 Å². The number of nitrogens with one attached hydrogen (secondary N) is 2. The summed E-state index contributed by atoms with van der Waals surface area (Å²) >= 11 is 1.08. The van der Waals surface area contributed by atoms with Crippen LogP contribution in [0.4, 0.5) is 0 Å². The SMILES string of the molecule is C#CCNC(=O)C(C#N)=c1sc(=Cc2cnc(C)[nH]2)c(=O)n1CC. The van der Waals surface area contributed by atoms with Crippen LogP contribution in [0.3, 0.4) is 0 Å². The van der Waals surface area contributed by atoms with Gasteiger partial charge in [-0.15, -0.1) is 17.8 Å². The lowest BCUT2D eigenvalue weighted by Crippen LogP contribution is -2.34. The second-order valence-corrected chi connectivity index (χ2v) is 5.79. The first-order valence-electron chi connectivity index (χ1n) is 7.10. The first kappa shape index (κ1) is 17.3. The van der Waals surface area contributed by atoms with E-state index in [2.05, 4.69) is 21.2 Å². The first-order chi connectivity index (χ1) is 11.5. The Bertz CT molecular complexity index is 1030. The maximum atomic E-state index is 12.5. The third-order valence-corrected chi connectivity index (χ3v) is 4.27. The molecule has 1 amide bonds. The van der Waals surface area contributed by atoms with Gasteiger partial charge in [-0.2, -0.15) is 5.26 Å². The van der Waals surface area contributed by atoms with Crippen molar-refractivity contribution in [3.63, 3.8) is 0 Å². The van der Waals surface area contributed by atoms with Gasteiger partial charge >= 0.3 is 0 Å². The second-order valence-electron chi connectivity index (χ2n) is 4.76. The number of rotatable bonds is 4. The highest BCUT2D eigenvalue weighted by Gasteiger charge is 2.14. The van der Waals surface area contributed by atoms with Gasteiger partial charge in [-0.3, -0.25) is 14.2 Å². The Balaban J connectivity index is 2.70. The Morgan fingerprint density at radius 1 is 1.62 bits per heavy atom. The van der Waals surface area contributed by atoms with Crippen molar-refractivity contribution < 1.29 is 4.79 Å². The van der Waals surface area contributed by atoms with Crippen molar-refractivity contribution in [1.82, 2.24) is 19.9 Å². The molecule has 24 heavy (non-hydrogen) atoms. The van der Waals surface area contributed by atoms with Gasteiger partial charge in [0.1, 0.15) is 16.6 Å². The minimum Gasteiger partial charge on any atom is -0.343 e. The number of aryl methyl sites for hydroxylation is 1. The van der Waals surface area contributed by atoms with Gasteiger partial charge in [0.2, 0.25) is 0 Å². The van der Waals surface area contributed by atoms with Crippen LogP contribution >= 0.6 is 11.3 Å². The smallest absolute Gasteiger partial charge is 0.269 e. The van der Waals surface area contributed by atoms with Crippen molar-refractivity contribution in [2.75, 3.05) is 6.54 Å². The Morgan fingerprint density at radius 3 is 2.92 bits per heavy atom. The van der Waals surface area contributed by atoms with Crippen LogP contribution in [0.1, 0.15) is 18.4 Å². The van der Waals surface area contributed by atoms with Crippen LogP contribution in [0, 0.1) is 30.6 Å². The number of imidazole rings is 1. The number of H-pyrrole nitrogens is 1. The lowest BCUT2D eigenvalue weighted by atomic mass is 10.3. The number of hydrogen-bond acceptors (Lipinski definition) is 5. The highest BCUT2D eigenvalue weighted by Crippen LogP contribution is 1.97. The Morgan fingerprint density at radius 2 is 2.38 bits per heavy atom. The minimum absolute atomic E-state index is 0.0121. The van der Waals surface area contributed by atoms with Crippen LogP contribution in [0.25, 0.3) is 11.6 Å². The van der Waals surface area contributed by atoms with E-state index in [1.54, 1.807) is 26.1 Å². The third kappa shape index (κ3) is 3.45. The molecule has 0 saturated heterocycles. The van der Waals surface area contributed by atoms with Crippen LogP contribution in [0.15, 0.2) is 11.0 Å². The van der Waals surface area contributed by atoms with Crippen molar-refractivity contribution in [1.29, 1.82) is 5.26 Å². The van der Waals surface area contributed by atoms with E-state index in [9.17, 15) is 14.9 Å². The maximum Gasteiger partial charge on any atom is 0.269 e. The summed E-state index contributed by atoms with van der Waals surface area (Å²) in [6.45, 7) is 3.93. The molecule has 0 spiro atoms. The average molecular weight is 341 g/mol. The lowest BCUT2D eigenvalue weighted by Gasteiger charge is -2.00. The largest absolute Gasteiger partial charge is 0.343 e. The number of carbonyl (C=O) groups is 1. The number of thiazole rings is 1. The fourth-order valence-electron chi connectivity index (χ4n) is 2.06. The van der Waals surface area contributed by atoms with Crippen LogP contribution in [0.2, 0.25) is 0 Å². The Kier molecular flexibility index (Phi) is 5.35. The number of hydrogen-bond donors (Lipinski definition) is 2. The zero-order chi connectivity index (χ0) is 17.7. The molecular weight excluding hydrogens is 326 g/mol. The standard InChI is InChI=1S/C16H15N5O2S/c1-4-6-18-14(22)12(8-17)16-21(5-2)15(23)13(24-16)7-11-9-19-10(3)20-11/h1,7,9H,5-6H2,2-3H3,(H,18,22)(H,19,20). The van der Waals surface area contributed by atoms with Crippen LogP contribution < -0.4 is 20.1 Å². The summed E-state index contributed by atoms with van der Waals surface area (Å²) in [5.41, 5.74) is 0.285. The summed E-state index contributed by atoms with van der Waals surface area (Å²) in [6.07, 6.45) is 8.37. The molecule has 0 unspecified atom stereocenters. The predicted octanol–water partition coefficient (Wildman–Crippen LogP) is -0.786. The van der Waals surface area contributed by atoms with Crippen molar-refractivity contribution in [2.45, 2.75) is 20.4 Å². The number of carbonyl (C=O) groups excluding carboxylic acids is 1. The minimum atomic E-state index is -0.595. The fourth-order valence-corrected chi connectivity index (χ4v) is 3.22. The van der Waals surface area contributed by atoms with Crippen molar-refractivity contribution in [3.05, 3.63) is 37.3 Å². The number of aromatic nitrogens is 3. The quantitative estimate of drug-likeness (QED) is 0.712. The summed E-state index contributed by atoms with van der Waals surface area (Å²) in [6, 6.07) is 1.86. The Hall–Kier alpha value is -3.10. The molecule has 0 aliphatic heterocycles. The summed E-state index contributed by atoms with van der Waals surface area (Å²) < 4.78 is 2.11. The van der Waals surface area contributed by atoms with E-state index in [0.29, 0.717) is 21.4 Å². The molecule has 0 fully saturated rings. The van der Waals surface area contributed by atoms with Crippen LogP contribution in [-0.2, 0) is 11.3 Å². The fraction of sp³-hybridized carbons (Fsp3) is 0.250. The number of nitrogens with zero attached hydrogens (tertiary/aromatic N) is 3. The molecule has 0 aliphatic carbocycles. The van der Waals surface area contributed by atoms with Gasteiger partial charge in [0.15, 0.2) is 5.57 Å². The number of amides is 1. The molecule has 0 radical (unpaired) electrons. The van der Waals surface area contributed by atoms with E-state index < -0.39 is 5.91 Å². The first-order valence-corrected chi connectivity index (χ1v) is 7.92. The summed E-state index contributed by atoms with van der Waals surface area (Å²) in [7, 11) is 0. The molecule has 2 rings (SSSR count). The van der Waals surface area contributed by atoms with Gasteiger partial charge in [0, 0.05) is 6.54 Å². The van der Waals surface area contributed by atoms with Crippen molar-refractivity contribution in [2.24, 2.45) is 0 Å². The summed E-state index contributed by atoms with van der Waals surface area (Å²) in [4.78, 5) is 31.7. The maximum absolute atomic E-state index is 12.5. The number of aromatic amines is 1. The molecule has 122 valence electrons.